The van der Waals surface area contributed by atoms with Gasteiger partial charge in [0.2, 0.25) is 11.8 Å². The van der Waals surface area contributed by atoms with Gasteiger partial charge in [-0.2, -0.15) is 9.78 Å². The third kappa shape index (κ3) is 5.72. The number of halogens is 2. The summed E-state index contributed by atoms with van der Waals surface area (Å²) < 4.78 is 1.46. The molecule has 3 aromatic carbocycles. The van der Waals surface area contributed by atoms with E-state index in [1.807, 2.05) is 30.3 Å². The Kier molecular flexibility index (Phi) is 7.43. The van der Waals surface area contributed by atoms with Crippen molar-refractivity contribution in [2.75, 3.05) is 5.32 Å². The Balaban J connectivity index is 1.37. The first-order valence-electron chi connectivity index (χ1n) is 11.5. The van der Waals surface area contributed by atoms with Crippen molar-refractivity contribution < 1.29 is 9.59 Å². The summed E-state index contributed by atoms with van der Waals surface area (Å²) in [6.45, 7) is 0. The number of aromatic amines is 1. The first kappa shape index (κ1) is 25.1. The van der Waals surface area contributed by atoms with E-state index in [0.717, 1.165) is 5.56 Å². The lowest BCUT2D eigenvalue weighted by atomic mass is 10.0. The predicted molar refractivity (Wildman–Crippen MR) is 145 cm³/mol. The first-order valence-corrected chi connectivity index (χ1v) is 12.2. The van der Waals surface area contributed by atoms with Crippen molar-refractivity contribution >= 4 is 57.8 Å². The highest BCUT2D eigenvalue weighted by atomic mass is 35.5. The van der Waals surface area contributed by atoms with Gasteiger partial charge in [0.25, 0.3) is 0 Å². The average molecular weight is 547 g/mol. The van der Waals surface area contributed by atoms with Crippen LogP contribution in [0.25, 0.3) is 22.7 Å². The molecule has 5 rings (SSSR count). The molecule has 1 atom stereocenters. The number of para-hydroxylation sites is 1. The molecule has 10 nitrogen and oxygen atoms in total. The Morgan fingerprint density at radius 2 is 1.89 bits per heavy atom. The van der Waals surface area contributed by atoms with Crippen LogP contribution in [0.5, 0.6) is 0 Å². The zero-order valence-corrected chi connectivity index (χ0v) is 21.2. The maximum absolute atomic E-state index is 13.3. The van der Waals surface area contributed by atoms with Crippen LogP contribution in [-0.2, 0) is 16.0 Å². The number of fused-ring (bicyclic) bond motifs is 1. The van der Waals surface area contributed by atoms with E-state index in [0.29, 0.717) is 38.0 Å². The second kappa shape index (κ2) is 11.2. The lowest BCUT2D eigenvalue weighted by Gasteiger charge is -2.17. The number of rotatable bonds is 8. The number of nitrogens with one attached hydrogen (secondary N) is 3. The summed E-state index contributed by atoms with van der Waals surface area (Å²) >= 11 is 12.4. The zero-order chi connectivity index (χ0) is 26.5. The SMILES string of the molecule is O=C(C=Cc1cc(Cl)ccc1-n1cnnn1)N[C@@H](Cc1ccccc1)C(=O)Nc1n[nH]c2c(Cl)cccc12. The molecule has 0 fully saturated rings. The smallest absolute Gasteiger partial charge is 0.248 e. The molecule has 0 aliphatic carbocycles. The van der Waals surface area contributed by atoms with Crippen molar-refractivity contribution in [3.8, 4) is 5.69 Å². The number of hydrogen-bond donors (Lipinski definition) is 3. The molecule has 3 N–H and O–H groups in total. The molecule has 2 aromatic heterocycles. The van der Waals surface area contributed by atoms with Crippen molar-refractivity contribution in [3.05, 3.63) is 100 Å². The molecule has 0 spiro atoms. The van der Waals surface area contributed by atoms with E-state index in [1.165, 1.54) is 17.1 Å². The molecule has 0 saturated carbocycles. The van der Waals surface area contributed by atoms with Crippen LogP contribution in [-0.4, -0.2) is 48.3 Å². The minimum absolute atomic E-state index is 0.266. The summed E-state index contributed by atoms with van der Waals surface area (Å²) in [7, 11) is 0. The van der Waals surface area contributed by atoms with E-state index in [-0.39, 0.29) is 6.42 Å². The fraction of sp³-hybridized carbons (Fsp3) is 0.0769. The normalized spacial score (nSPS) is 12.1. The van der Waals surface area contributed by atoms with Crippen LogP contribution < -0.4 is 10.6 Å². The van der Waals surface area contributed by atoms with E-state index >= 15 is 0 Å². The number of amides is 2. The van der Waals surface area contributed by atoms with E-state index in [9.17, 15) is 9.59 Å². The number of anilines is 1. The lowest BCUT2D eigenvalue weighted by molar-refractivity contribution is -0.123. The molecular weight excluding hydrogens is 527 g/mol. The molecule has 0 aliphatic heterocycles. The van der Waals surface area contributed by atoms with Crippen molar-refractivity contribution in [1.29, 1.82) is 0 Å². The van der Waals surface area contributed by atoms with E-state index in [4.69, 9.17) is 23.2 Å². The average Bonchev–Trinajstić information content (AvgIpc) is 3.59. The summed E-state index contributed by atoms with van der Waals surface area (Å²) in [6, 6.07) is 18.9. The summed E-state index contributed by atoms with van der Waals surface area (Å²) in [5.41, 5.74) is 2.73. The van der Waals surface area contributed by atoms with Gasteiger partial charge in [0.15, 0.2) is 5.82 Å². The maximum atomic E-state index is 13.3. The molecule has 0 radical (unpaired) electrons. The van der Waals surface area contributed by atoms with Crippen LogP contribution in [0.15, 0.2) is 79.1 Å². The minimum atomic E-state index is -0.890. The molecule has 2 heterocycles. The Morgan fingerprint density at radius 1 is 1.05 bits per heavy atom. The molecule has 5 aromatic rings. The van der Waals surface area contributed by atoms with Gasteiger partial charge in [-0.1, -0.05) is 59.6 Å². The van der Waals surface area contributed by atoms with Crippen molar-refractivity contribution in [2.24, 2.45) is 0 Å². The first-order chi connectivity index (χ1) is 18.5. The van der Waals surface area contributed by atoms with Gasteiger partial charge >= 0.3 is 0 Å². The van der Waals surface area contributed by atoms with Gasteiger partial charge in [0, 0.05) is 28.5 Å². The summed E-state index contributed by atoms with van der Waals surface area (Å²) in [6.07, 6.45) is 4.61. The molecule has 38 heavy (non-hydrogen) atoms. The Labute approximate surface area is 226 Å². The summed E-state index contributed by atoms with van der Waals surface area (Å²) in [5, 5.41) is 25.4. The monoisotopic (exact) mass is 546 g/mol. The molecule has 0 saturated heterocycles. The number of nitrogens with zero attached hydrogens (tertiary/aromatic N) is 5. The van der Waals surface area contributed by atoms with Crippen LogP contribution in [0.1, 0.15) is 11.1 Å². The molecule has 0 bridgehead atoms. The number of carbonyl (C=O) groups is 2. The highest BCUT2D eigenvalue weighted by Gasteiger charge is 2.22. The fourth-order valence-corrected chi connectivity index (χ4v) is 4.29. The number of H-pyrrole nitrogens is 1. The van der Waals surface area contributed by atoms with Gasteiger partial charge in [-0.05, 0) is 52.4 Å². The van der Waals surface area contributed by atoms with Gasteiger partial charge < -0.3 is 10.6 Å². The molecule has 2 amide bonds. The zero-order valence-electron chi connectivity index (χ0n) is 19.7. The van der Waals surface area contributed by atoms with Gasteiger partial charge in [-0.15, -0.1) is 5.10 Å². The standard InChI is InChI=1S/C26H20Cl2N8O2/c27-18-10-11-22(36-15-29-34-35-36)17(14-18)9-12-23(37)30-21(13-16-5-2-1-3-6-16)26(38)31-25-19-7-4-8-20(28)24(19)32-33-25/h1-12,14-15,21H,13H2,(H,30,37)(H2,31,32,33,38)/t21-/m0/s1. The van der Waals surface area contributed by atoms with Crippen LogP contribution >= 0.6 is 23.2 Å². The molecule has 12 heteroatoms. The van der Waals surface area contributed by atoms with Crippen LogP contribution in [0, 0.1) is 0 Å². The Morgan fingerprint density at radius 3 is 2.68 bits per heavy atom. The van der Waals surface area contributed by atoms with Crippen molar-refractivity contribution in [2.45, 2.75) is 12.5 Å². The fourth-order valence-electron chi connectivity index (χ4n) is 3.89. The third-order valence-corrected chi connectivity index (χ3v) is 6.26. The second-order valence-electron chi connectivity index (χ2n) is 8.27. The van der Waals surface area contributed by atoms with Crippen molar-refractivity contribution in [3.63, 3.8) is 0 Å². The summed E-state index contributed by atoms with van der Waals surface area (Å²) in [5.74, 6) is -0.583. The number of aromatic nitrogens is 6. The highest BCUT2D eigenvalue weighted by Crippen LogP contribution is 2.26. The van der Waals surface area contributed by atoms with E-state index in [2.05, 4.69) is 36.4 Å². The molecule has 0 unspecified atom stereocenters. The number of hydrogen-bond acceptors (Lipinski definition) is 6. The van der Waals surface area contributed by atoms with Crippen LogP contribution in [0.4, 0.5) is 5.82 Å². The lowest BCUT2D eigenvalue weighted by Crippen LogP contribution is -2.44. The number of benzene rings is 3. The molecule has 0 aliphatic rings. The van der Waals surface area contributed by atoms with Gasteiger partial charge in [0.1, 0.15) is 12.4 Å². The number of tetrazole rings is 1. The second-order valence-corrected chi connectivity index (χ2v) is 9.11. The molecule has 190 valence electrons. The van der Waals surface area contributed by atoms with Crippen LogP contribution in [0.3, 0.4) is 0 Å². The Bertz CT molecular complexity index is 1620. The summed E-state index contributed by atoms with van der Waals surface area (Å²) in [4.78, 5) is 26.3. The predicted octanol–water partition coefficient (Wildman–Crippen LogP) is 4.22. The quantitative estimate of drug-likeness (QED) is 0.250. The third-order valence-electron chi connectivity index (χ3n) is 5.71. The van der Waals surface area contributed by atoms with Gasteiger partial charge in [-0.25, -0.2) is 0 Å². The Hall–Kier alpha value is -4.54. The van der Waals surface area contributed by atoms with Crippen molar-refractivity contribution in [1.82, 2.24) is 35.7 Å². The van der Waals surface area contributed by atoms with E-state index in [1.54, 1.807) is 42.5 Å². The molecular formula is C26H20Cl2N8O2. The topological polar surface area (TPSA) is 130 Å². The highest BCUT2D eigenvalue weighted by molar-refractivity contribution is 6.35. The minimum Gasteiger partial charge on any atom is -0.340 e. The van der Waals surface area contributed by atoms with Gasteiger partial charge in [-0.3, -0.25) is 14.7 Å². The largest absolute Gasteiger partial charge is 0.340 e. The van der Waals surface area contributed by atoms with Gasteiger partial charge in [0.05, 0.1) is 16.2 Å². The maximum Gasteiger partial charge on any atom is 0.248 e. The number of carbonyl (C=O) groups excluding carboxylic acids is 2. The van der Waals surface area contributed by atoms with E-state index < -0.39 is 17.9 Å². The van der Waals surface area contributed by atoms with Crippen LogP contribution in [0.2, 0.25) is 10.0 Å².